The Morgan fingerprint density at radius 2 is 1.06 bits per heavy atom. The van der Waals surface area contributed by atoms with Crippen molar-refractivity contribution in [1.82, 2.24) is 0 Å². The van der Waals surface area contributed by atoms with Crippen LogP contribution in [0.2, 0.25) is 0 Å². The average Bonchev–Trinajstić information content (AvgIpc) is 3.36. The maximum atomic E-state index is 10.8. The van der Waals surface area contributed by atoms with Gasteiger partial charge in [0.2, 0.25) is 0 Å². The summed E-state index contributed by atoms with van der Waals surface area (Å²) in [5.41, 5.74) is 5.42. The van der Waals surface area contributed by atoms with Crippen LogP contribution in [0.15, 0.2) is 174 Å². The van der Waals surface area contributed by atoms with Crippen LogP contribution in [-0.2, 0) is 23.8 Å². The van der Waals surface area contributed by atoms with E-state index in [1.54, 1.807) is 32.3 Å². The highest BCUT2D eigenvalue weighted by Crippen LogP contribution is 2.04. The number of aryl methyl sites for hydroxylation is 2. The van der Waals surface area contributed by atoms with Crippen molar-refractivity contribution in [2.24, 2.45) is 0 Å². The summed E-state index contributed by atoms with van der Waals surface area (Å²) in [5.74, 6) is -0.600. The first-order valence-corrected chi connectivity index (χ1v) is 24.9. The fourth-order valence-electron chi connectivity index (χ4n) is 3.62. The lowest BCUT2D eigenvalue weighted by Gasteiger charge is -2.02. The van der Waals surface area contributed by atoms with Crippen LogP contribution in [0.1, 0.15) is 168 Å². The second kappa shape index (κ2) is 79.6. The summed E-state index contributed by atoms with van der Waals surface area (Å²) in [4.78, 5) is 21.2. The molecule has 0 N–H and O–H groups in total. The van der Waals surface area contributed by atoms with Gasteiger partial charge in [-0.25, -0.2) is 9.59 Å². The van der Waals surface area contributed by atoms with Gasteiger partial charge in [0.15, 0.2) is 0 Å². The van der Waals surface area contributed by atoms with Gasteiger partial charge in [-0.2, -0.15) is 0 Å². The lowest BCUT2D eigenvalue weighted by molar-refractivity contribution is -0.139. The van der Waals surface area contributed by atoms with Gasteiger partial charge in [-0.3, -0.25) is 0 Å². The number of hydrogen-bond donors (Lipinski definition) is 0. The smallest absolute Gasteiger partial charge is 0.333 e. The number of methoxy groups -OCH3 is 1. The predicted octanol–water partition coefficient (Wildman–Crippen LogP) is 19.9. The molecule has 0 atom stereocenters. The summed E-state index contributed by atoms with van der Waals surface area (Å²) < 4.78 is 14.3. The number of carbonyl (C=O) groups is 2. The van der Waals surface area contributed by atoms with E-state index in [0.29, 0.717) is 18.8 Å². The third kappa shape index (κ3) is 97.2. The molecule has 0 fully saturated rings. The van der Waals surface area contributed by atoms with Crippen LogP contribution in [0.25, 0.3) is 12.2 Å². The molecule has 0 spiro atoms. The minimum Gasteiger partial charge on any atom is -0.463 e. The van der Waals surface area contributed by atoms with E-state index in [4.69, 9.17) is 14.2 Å². The van der Waals surface area contributed by atoms with Crippen molar-refractivity contribution in [2.45, 2.75) is 160 Å². The summed E-state index contributed by atoms with van der Waals surface area (Å²) in [7, 11) is 1.68. The predicted molar refractivity (Wildman–Crippen MR) is 316 cm³/mol. The zero-order chi connectivity index (χ0) is 54.6. The summed E-state index contributed by atoms with van der Waals surface area (Å²) in [6.45, 7) is 55.9. The van der Waals surface area contributed by atoms with Crippen LogP contribution in [0.5, 0.6) is 0 Å². The largest absolute Gasteiger partial charge is 0.463 e. The van der Waals surface area contributed by atoms with Crippen molar-refractivity contribution in [1.29, 1.82) is 0 Å². The third-order valence-electron chi connectivity index (χ3n) is 7.65. The molecule has 0 aliphatic rings. The highest BCUT2D eigenvalue weighted by Gasteiger charge is 2.00. The fourth-order valence-corrected chi connectivity index (χ4v) is 3.62. The van der Waals surface area contributed by atoms with E-state index in [0.717, 1.165) is 58.0 Å². The van der Waals surface area contributed by atoms with Crippen molar-refractivity contribution in [3.63, 3.8) is 0 Å². The van der Waals surface area contributed by atoms with E-state index >= 15 is 0 Å². The molecule has 5 heteroatoms. The van der Waals surface area contributed by atoms with E-state index in [1.165, 1.54) is 60.4 Å². The number of allylic oxidation sites excluding steroid dienone is 8. The van der Waals surface area contributed by atoms with E-state index in [2.05, 4.69) is 157 Å². The zero-order valence-electron chi connectivity index (χ0n) is 46.8. The van der Waals surface area contributed by atoms with Gasteiger partial charge < -0.3 is 14.2 Å². The first-order chi connectivity index (χ1) is 33.1. The topological polar surface area (TPSA) is 61.8 Å². The van der Waals surface area contributed by atoms with E-state index < -0.39 is 0 Å². The number of unbranched alkanes of at least 4 members (excludes halogenated alkanes) is 7. The molecular formula is C64H106O5. The van der Waals surface area contributed by atoms with Gasteiger partial charge >= 0.3 is 11.9 Å². The first kappa shape index (κ1) is 80.5. The van der Waals surface area contributed by atoms with Crippen LogP contribution < -0.4 is 0 Å². The molecule has 5 nitrogen and oxygen atoms in total. The highest BCUT2D eigenvalue weighted by molar-refractivity contribution is 5.86. The molecule has 0 saturated heterocycles. The maximum Gasteiger partial charge on any atom is 0.333 e. The second-order valence-corrected chi connectivity index (χ2v) is 14.7. The summed E-state index contributed by atoms with van der Waals surface area (Å²) in [5, 5.41) is 0. The highest BCUT2D eigenvalue weighted by atomic mass is 16.5. The van der Waals surface area contributed by atoms with Crippen LogP contribution in [-0.4, -0.2) is 38.9 Å². The van der Waals surface area contributed by atoms with Crippen LogP contribution in [0, 0.1) is 13.8 Å². The van der Waals surface area contributed by atoms with Gasteiger partial charge in [0.25, 0.3) is 0 Å². The Morgan fingerprint density at radius 1 is 0.565 bits per heavy atom. The Morgan fingerprint density at radius 3 is 1.35 bits per heavy atom. The van der Waals surface area contributed by atoms with Crippen molar-refractivity contribution in [3.8, 4) is 0 Å². The molecule has 0 bridgehead atoms. The monoisotopic (exact) mass is 955 g/mol. The molecule has 2 rings (SSSR count). The quantitative estimate of drug-likeness (QED) is 0.0387. The molecule has 2 aromatic carbocycles. The zero-order valence-corrected chi connectivity index (χ0v) is 46.8. The summed E-state index contributed by atoms with van der Waals surface area (Å²) >= 11 is 0. The number of rotatable bonds is 22. The standard InChI is InChI=1S/C9H16O2.2C9H10.C8H14O2.C7H12.C5H10O.C5H10.C5H8.C4H10.C3H6/c1-4-5-6-7-11-9(10)8(2)3;1-3-9-6-4-8(2)5-7-9;1-3-9-6-4-5-8(2)7-9;1-3-5-6-7-10-8(9)4-2;1-3-5-7-6-4-2;1-3-4-5-6-2;2*1-3-5-4-2;1-3-4-2;1-3-2/h2,4-7H2,1,3H3;2*3-7H,1H2,2H3;4H,2-3,5-7H2,1H3;3,5,7H,1,4,6H2,2H3;3H,1,4-5H2,2H3;3H,1,4-5H2,2H3;3-5H,1H2,2H3;3-4H2,1-2H3;3H,1H2,2H3/b;;;;7-5+;;;5-4+;;. The van der Waals surface area contributed by atoms with Crippen molar-refractivity contribution in [2.75, 3.05) is 26.9 Å². The van der Waals surface area contributed by atoms with Crippen LogP contribution in [0.4, 0.5) is 0 Å². The molecule has 0 amide bonds. The summed E-state index contributed by atoms with van der Waals surface area (Å²) in [6, 6.07) is 16.5. The Hall–Kier alpha value is -5.52. The fraction of sp³-hybridized carbons (Fsp3) is 0.438. The van der Waals surface area contributed by atoms with Crippen LogP contribution in [0.3, 0.4) is 0 Å². The Kier molecular flexibility index (Phi) is 92.8. The first-order valence-electron chi connectivity index (χ1n) is 24.9. The number of ether oxygens (including phenoxy) is 3. The number of esters is 2. The lowest BCUT2D eigenvalue weighted by atomic mass is 10.1. The van der Waals surface area contributed by atoms with Crippen LogP contribution >= 0.6 is 0 Å². The second-order valence-electron chi connectivity index (χ2n) is 14.7. The Bertz CT molecular complexity index is 1500. The molecule has 69 heavy (non-hydrogen) atoms. The molecule has 0 aromatic heterocycles. The van der Waals surface area contributed by atoms with Gasteiger partial charge in [0.05, 0.1) is 13.2 Å². The molecule has 0 heterocycles. The molecule has 0 aliphatic heterocycles. The average molecular weight is 956 g/mol. The van der Waals surface area contributed by atoms with Gasteiger partial charge in [0, 0.05) is 25.4 Å². The number of benzene rings is 2. The minimum atomic E-state index is -0.323. The van der Waals surface area contributed by atoms with Crippen molar-refractivity contribution >= 4 is 24.1 Å². The minimum absolute atomic E-state index is 0.277. The van der Waals surface area contributed by atoms with Gasteiger partial charge in [-0.15, -0.1) is 19.7 Å². The van der Waals surface area contributed by atoms with Gasteiger partial charge in [0.1, 0.15) is 0 Å². The Labute approximate surface area is 429 Å². The van der Waals surface area contributed by atoms with E-state index in [1.807, 2.05) is 68.5 Å². The molecule has 0 radical (unpaired) electrons. The van der Waals surface area contributed by atoms with Gasteiger partial charge in [-0.1, -0.05) is 259 Å². The molecule has 0 unspecified atom stereocenters. The third-order valence-corrected chi connectivity index (χ3v) is 7.65. The maximum absolute atomic E-state index is 10.8. The van der Waals surface area contributed by atoms with E-state index in [-0.39, 0.29) is 11.9 Å². The molecule has 0 aliphatic carbocycles. The van der Waals surface area contributed by atoms with Gasteiger partial charge in [-0.05, 0) is 77.8 Å². The van der Waals surface area contributed by atoms with E-state index in [9.17, 15) is 9.59 Å². The molecular weight excluding hydrogens is 849 g/mol. The van der Waals surface area contributed by atoms with Crippen molar-refractivity contribution < 1.29 is 23.8 Å². The summed E-state index contributed by atoms with van der Waals surface area (Å²) in [6.07, 6.45) is 36.7. The number of hydrogen-bond acceptors (Lipinski definition) is 5. The van der Waals surface area contributed by atoms with Crippen molar-refractivity contribution in [3.05, 3.63) is 196 Å². The molecule has 0 saturated carbocycles. The normalized spacial score (nSPS) is 8.64. The number of carbonyl (C=O) groups excluding carboxylic acids is 2. The molecule has 2 aromatic rings. The molecule has 392 valence electrons. The lowest BCUT2D eigenvalue weighted by Crippen LogP contribution is -2.05. The Balaban J connectivity index is -0.000000102. The SMILES string of the molecule is C=C(C)C(=O)OCCCCC.C=C/C=C/C.C=C/C=C/CCC.C=CC.C=CC(=O)OCCCCC.C=CCCC.C=CCCOC.C=Cc1ccc(C)cc1.C=Cc1cccc(C)c1.CCCC.